The Morgan fingerprint density at radius 2 is 1.90 bits per heavy atom. The molecule has 218 valence electrons. The topological polar surface area (TPSA) is 121 Å². The van der Waals surface area contributed by atoms with E-state index in [9.17, 15) is 23.5 Å². The van der Waals surface area contributed by atoms with Crippen LogP contribution in [0.15, 0.2) is 36.8 Å². The Morgan fingerprint density at radius 1 is 1.15 bits per heavy atom. The number of pyridine rings is 1. The average Bonchev–Trinajstić information content (AvgIpc) is 3.56. The minimum atomic E-state index is -2.85. The molecule has 2 aliphatic heterocycles. The maximum atomic E-state index is 13.9. The van der Waals surface area contributed by atoms with Crippen LogP contribution >= 0.6 is 0 Å². The summed E-state index contributed by atoms with van der Waals surface area (Å²) >= 11 is 0. The van der Waals surface area contributed by atoms with Crippen LogP contribution in [-0.2, 0) is 10.3 Å². The number of likely N-dealkylation sites (tertiary alicyclic amines) is 2. The molecule has 0 radical (unpaired) electrons. The van der Waals surface area contributed by atoms with Gasteiger partial charge in [-0.3, -0.25) is 23.9 Å². The van der Waals surface area contributed by atoms with Gasteiger partial charge >= 0.3 is 0 Å². The van der Waals surface area contributed by atoms with Crippen LogP contribution in [0.25, 0.3) is 11.3 Å². The molecule has 0 aromatic carbocycles. The predicted octanol–water partition coefficient (Wildman–Crippen LogP) is 3.07. The number of aliphatic hydroxyl groups excluding tert-OH is 1. The van der Waals surface area contributed by atoms with Crippen LogP contribution < -0.4 is 5.32 Å². The molecule has 1 saturated carbocycles. The first kappa shape index (κ1) is 27.5. The fourth-order valence-electron chi connectivity index (χ4n) is 6.02. The number of halogens is 2. The van der Waals surface area contributed by atoms with Crippen molar-refractivity contribution >= 4 is 17.5 Å². The Balaban J connectivity index is 1.12. The van der Waals surface area contributed by atoms with Gasteiger partial charge in [0, 0.05) is 57.1 Å². The third-order valence-electron chi connectivity index (χ3n) is 8.83. The number of rotatable bonds is 8. The van der Waals surface area contributed by atoms with Crippen LogP contribution in [0.2, 0.25) is 0 Å². The number of alkyl halides is 2. The Bertz CT molecular complexity index is 1420. The number of aliphatic hydroxyl groups is 1. The molecule has 11 nitrogen and oxygen atoms in total. The molecule has 0 bridgehead atoms. The number of anilines is 1. The summed E-state index contributed by atoms with van der Waals surface area (Å²) in [5, 5.41) is 21.0. The van der Waals surface area contributed by atoms with E-state index in [1.807, 2.05) is 11.1 Å². The highest BCUT2D eigenvalue weighted by Crippen LogP contribution is 2.39. The summed E-state index contributed by atoms with van der Waals surface area (Å²) in [6.45, 7) is 4.41. The number of nitrogens with zero attached hydrogens (tertiary/aromatic N) is 7. The quantitative estimate of drug-likeness (QED) is 0.428. The maximum absolute atomic E-state index is 13.9. The number of hydrogen-bond acceptors (Lipinski definition) is 7. The van der Waals surface area contributed by atoms with Crippen LogP contribution in [0.1, 0.15) is 67.7 Å². The van der Waals surface area contributed by atoms with Gasteiger partial charge in [-0.2, -0.15) is 10.2 Å². The first-order chi connectivity index (χ1) is 19.8. The number of hydrogen-bond donors (Lipinski definition) is 2. The molecule has 0 spiro atoms. The van der Waals surface area contributed by atoms with E-state index in [0.717, 1.165) is 45.2 Å². The Hall–Kier alpha value is -3.71. The van der Waals surface area contributed by atoms with Gasteiger partial charge in [-0.25, -0.2) is 13.8 Å². The first-order valence-electron chi connectivity index (χ1n) is 14.1. The molecule has 2 saturated heterocycles. The number of amides is 2. The molecule has 3 aromatic heterocycles. The molecule has 3 aliphatic rings. The molecule has 3 fully saturated rings. The van der Waals surface area contributed by atoms with E-state index in [1.54, 1.807) is 29.9 Å². The number of aromatic nitrogens is 5. The number of carbonyl (C=O) groups is 2. The Labute approximate surface area is 236 Å². The monoisotopic (exact) mass is 568 g/mol. The van der Waals surface area contributed by atoms with E-state index < -0.39 is 18.0 Å². The lowest BCUT2D eigenvalue weighted by molar-refractivity contribution is -0.130. The van der Waals surface area contributed by atoms with Gasteiger partial charge in [0.05, 0.1) is 35.8 Å². The molecular formula is C28H34F2N8O3. The largest absolute Gasteiger partial charge is 0.394 e. The third kappa shape index (κ3) is 5.23. The van der Waals surface area contributed by atoms with Crippen molar-refractivity contribution in [3.8, 4) is 11.3 Å². The predicted molar refractivity (Wildman–Crippen MR) is 145 cm³/mol. The van der Waals surface area contributed by atoms with Crippen LogP contribution in [-0.4, -0.2) is 90.1 Å². The molecule has 0 unspecified atom stereocenters. The molecule has 0 atom stereocenters. The number of piperidine rings is 1. The summed E-state index contributed by atoms with van der Waals surface area (Å²) in [5.74, 6) is -0.521. The van der Waals surface area contributed by atoms with Gasteiger partial charge in [-0.15, -0.1) is 0 Å². The van der Waals surface area contributed by atoms with Gasteiger partial charge < -0.3 is 15.3 Å². The van der Waals surface area contributed by atoms with Gasteiger partial charge in [0.15, 0.2) is 5.69 Å². The highest BCUT2D eigenvalue weighted by molar-refractivity contribution is 6.03. The summed E-state index contributed by atoms with van der Waals surface area (Å²) in [6.07, 6.45) is 6.59. The summed E-state index contributed by atoms with van der Waals surface area (Å²) in [5.41, 5.74) is 0.401. The van der Waals surface area contributed by atoms with E-state index in [0.29, 0.717) is 30.4 Å². The van der Waals surface area contributed by atoms with Gasteiger partial charge in [-0.05, 0) is 44.2 Å². The zero-order valence-corrected chi connectivity index (χ0v) is 22.9. The third-order valence-corrected chi connectivity index (χ3v) is 8.83. The molecule has 13 heteroatoms. The zero-order chi connectivity index (χ0) is 28.7. The lowest BCUT2D eigenvalue weighted by atomic mass is 9.77. The van der Waals surface area contributed by atoms with Gasteiger partial charge in [0.2, 0.25) is 5.91 Å². The van der Waals surface area contributed by atoms with E-state index in [1.165, 1.54) is 16.9 Å². The zero-order valence-electron chi connectivity index (χ0n) is 22.9. The smallest absolute Gasteiger partial charge is 0.284 e. The van der Waals surface area contributed by atoms with Gasteiger partial charge in [0.25, 0.3) is 12.3 Å². The van der Waals surface area contributed by atoms with Crippen LogP contribution in [0.3, 0.4) is 0 Å². The summed E-state index contributed by atoms with van der Waals surface area (Å²) < 4.78 is 31.1. The maximum Gasteiger partial charge on any atom is 0.284 e. The van der Waals surface area contributed by atoms with Crippen LogP contribution in [0.4, 0.5) is 14.5 Å². The highest BCUT2D eigenvalue weighted by atomic mass is 19.3. The SMILES string of the molecule is CC(=O)N1CCC(N2CC(n3cc(NC(=O)c4cccc(-c5cnn(C6(CO)CCC6)c5)n4)c(C(F)F)n3)C2)CC1. The molecule has 2 amide bonds. The van der Waals surface area contributed by atoms with E-state index in [4.69, 9.17) is 0 Å². The summed E-state index contributed by atoms with van der Waals surface area (Å²) in [7, 11) is 0. The van der Waals surface area contributed by atoms with Crippen molar-refractivity contribution in [2.45, 2.75) is 63.1 Å². The molecule has 3 aromatic rings. The second-order valence-corrected chi connectivity index (χ2v) is 11.3. The molecule has 5 heterocycles. The van der Waals surface area contributed by atoms with Crippen molar-refractivity contribution in [1.82, 2.24) is 34.3 Å². The molecule has 1 aliphatic carbocycles. The first-order valence-corrected chi connectivity index (χ1v) is 14.1. The Kier molecular flexibility index (Phi) is 7.32. The van der Waals surface area contributed by atoms with Crippen LogP contribution in [0, 0.1) is 0 Å². The second kappa shape index (κ2) is 10.9. The molecule has 2 N–H and O–H groups in total. The number of carbonyl (C=O) groups excluding carboxylic acids is 2. The fraction of sp³-hybridized carbons (Fsp3) is 0.536. The number of nitrogens with one attached hydrogen (secondary N) is 1. The fourth-order valence-corrected chi connectivity index (χ4v) is 6.02. The normalized spacial score (nSPS) is 19.7. The van der Waals surface area contributed by atoms with Crippen LogP contribution in [0.5, 0.6) is 0 Å². The van der Waals surface area contributed by atoms with Crippen molar-refractivity contribution in [3.63, 3.8) is 0 Å². The lowest BCUT2D eigenvalue weighted by Gasteiger charge is -2.47. The average molecular weight is 569 g/mol. The molecular weight excluding hydrogens is 534 g/mol. The summed E-state index contributed by atoms with van der Waals surface area (Å²) in [6, 6.07) is 5.25. The molecule has 41 heavy (non-hydrogen) atoms. The van der Waals surface area contributed by atoms with E-state index in [2.05, 4.69) is 25.4 Å². The van der Waals surface area contributed by atoms with Gasteiger partial charge in [-0.1, -0.05) is 6.07 Å². The van der Waals surface area contributed by atoms with Crippen molar-refractivity contribution in [2.24, 2.45) is 0 Å². The molecule has 6 rings (SSSR count). The second-order valence-electron chi connectivity index (χ2n) is 11.3. The van der Waals surface area contributed by atoms with Crippen molar-refractivity contribution in [3.05, 3.63) is 48.2 Å². The standard InChI is InChI=1S/C28H34F2N8O3/c1-18(40)35-10-6-20(7-11-35)36-14-21(15-36)37-16-24(25(34-37)26(29)30)33-27(41)23-5-2-4-22(32-23)19-12-31-38(13-19)28(17-39)8-3-9-28/h2,4-5,12-13,16,20-21,26,39H,3,6-11,14-15,17H2,1H3,(H,33,41). The van der Waals surface area contributed by atoms with Crippen molar-refractivity contribution < 1.29 is 23.5 Å². The minimum absolute atomic E-state index is 0.00345. The van der Waals surface area contributed by atoms with E-state index >= 15 is 0 Å². The minimum Gasteiger partial charge on any atom is -0.394 e. The van der Waals surface area contributed by atoms with Crippen molar-refractivity contribution in [1.29, 1.82) is 0 Å². The van der Waals surface area contributed by atoms with E-state index in [-0.39, 0.29) is 35.5 Å². The summed E-state index contributed by atoms with van der Waals surface area (Å²) in [4.78, 5) is 33.3. The highest BCUT2D eigenvalue weighted by Gasteiger charge is 2.39. The lowest BCUT2D eigenvalue weighted by Crippen LogP contribution is -2.56. The van der Waals surface area contributed by atoms with Crippen molar-refractivity contribution in [2.75, 3.05) is 38.1 Å². The van der Waals surface area contributed by atoms with Gasteiger partial charge in [0.1, 0.15) is 5.69 Å². The Morgan fingerprint density at radius 3 is 2.54 bits per heavy atom.